The quantitative estimate of drug-likeness (QED) is 0.845. The van der Waals surface area contributed by atoms with Gasteiger partial charge in [-0.15, -0.1) is 0 Å². The zero-order valence-electron chi connectivity index (χ0n) is 9.31. The topological polar surface area (TPSA) is 81.1 Å². The highest BCUT2D eigenvalue weighted by atomic mass is 19.4. The number of carboxylic acid groups (broad SMARTS) is 1. The summed E-state index contributed by atoms with van der Waals surface area (Å²) in [5, 5.41) is 12.6. The van der Waals surface area contributed by atoms with Crippen LogP contribution in [0.25, 0.3) is 0 Å². The number of carbonyl (C=O) groups is 1. The molecular formula is C10H12F3N3O2. The number of aliphatic carboxylic acids is 1. The van der Waals surface area contributed by atoms with Crippen molar-refractivity contribution < 1.29 is 23.1 Å². The Labute approximate surface area is 100 Å². The SMILES string of the molecule is NC1(C(=O)O)CCC(n2cc(C(F)(F)F)cn2)C1. The Hall–Kier alpha value is -1.57. The van der Waals surface area contributed by atoms with Crippen molar-refractivity contribution in [3.05, 3.63) is 18.0 Å². The molecule has 0 amide bonds. The molecule has 0 radical (unpaired) electrons. The number of aromatic nitrogens is 2. The Morgan fingerprint density at radius 2 is 2.28 bits per heavy atom. The van der Waals surface area contributed by atoms with Gasteiger partial charge in [-0.25, -0.2) is 0 Å². The average Bonchev–Trinajstić information content (AvgIpc) is 2.82. The molecule has 1 aliphatic rings. The number of nitrogens with zero attached hydrogens (tertiary/aromatic N) is 2. The van der Waals surface area contributed by atoms with Gasteiger partial charge in [0.25, 0.3) is 0 Å². The van der Waals surface area contributed by atoms with Crippen LogP contribution in [0.2, 0.25) is 0 Å². The minimum atomic E-state index is -4.44. The molecule has 3 N–H and O–H groups in total. The van der Waals surface area contributed by atoms with Crippen molar-refractivity contribution >= 4 is 5.97 Å². The van der Waals surface area contributed by atoms with E-state index in [1.165, 1.54) is 0 Å². The van der Waals surface area contributed by atoms with Gasteiger partial charge in [0, 0.05) is 6.20 Å². The first kappa shape index (κ1) is 12.9. The van der Waals surface area contributed by atoms with Gasteiger partial charge in [0.2, 0.25) is 0 Å². The second kappa shape index (κ2) is 3.98. The summed E-state index contributed by atoms with van der Waals surface area (Å²) in [6.07, 6.45) is -2.10. The normalized spacial score (nSPS) is 28.6. The Morgan fingerprint density at radius 3 is 2.72 bits per heavy atom. The standard InChI is InChI=1S/C10H12F3N3O2/c11-10(12,13)6-4-15-16(5-6)7-1-2-9(14,3-7)8(17)18/h4-5,7H,1-3,14H2,(H,17,18). The van der Waals surface area contributed by atoms with Gasteiger partial charge in [0.05, 0.1) is 17.8 Å². The van der Waals surface area contributed by atoms with Crippen molar-refractivity contribution in [3.63, 3.8) is 0 Å². The van der Waals surface area contributed by atoms with Gasteiger partial charge in [-0.05, 0) is 19.3 Å². The number of alkyl halides is 3. The maximum atomic E-state index is 12.4. The number of halogens is 3. The molecule has 8 heteroatoms. The van der Waals surface area contributed by atoms with E-state index < -0.39 is 29.3 Å². The first-order valence-corrected chi connectivity index (χ1v) is 5.36. The monoisotopic (exact) mass is 263 g/mol. The fourth-order valence-electron chi connectivity index (χ4n) is 2.15. The average molecular weight is 263 g/mol. The summed E-state index contributed by atoms with van der Waals surface area (Å²) in [7, 11) is 0. The minimum absolute atomic E-state index is 0.0846. The van der Waals surface area contributed by atoms with Gasteiger partial charge in [0.1, 0.15) is 5.54 Å². The van der Waals surface area contributed by atoms with Crippen LogP contribution in [0.1, 0.15) is 30.9 Å². The first-order valence-electron chi connectivity index (χ1n) is 5.36. The van der Waals surface area contributed by atoms with E-state index in [0.29, 0.717) is 6.42 Å². The van der Waals surface area contributed by atoms with Crippen molar-refractivity contribution in [2.24, 2.45) is 5.73 Å². The van der Waals surface area contributed by atoms with Crippen LogP contribution in [0.3, 0.4) is 0 Å². The largest absolute Gasteiger partial charge is 0.480 e. The third kappa shape index (κ3) is 2.20. The molecule has 100 valence electrons. The highest BCUT2D eigenvalue weighted by Gasteiger charge is 2.43. The number of hydrogen-bond donors (Lipinski definition) is 2. The molecule has 0 spiro atoms. The molecule has 18 heavy (non-hydrogen) atoms. The Morgan fingerprint density at radius 1 is 1.61 bits per heavy atom. The maximum absolute atomic E-state index is 12.4. The zero-order valence-corrected chi connectivity index (χ0v) is 9.31. The molecule has 0 aromatic carbocycles. The maximum Gasteiger partial charge on any atom is 0.419 e. The number of hydrogen-bond acceptors (Lipinski definition) is 3. The van der Waals surface area contributed by atoms with Crippen LogP contribution >= 0.6 is 0 Å². The molecule has 0 aliphatic heterocycles. The van der Waals surface area contributed by atoms with Gasteiger partial charge < -0.3 is 10.8 Å². The van der Waals surface area contributed by atoms with E-state index in [1.54, 1.807) is 0 Å². The minimum Gasteiger partial charge on any atom is -0.480 e. The Kier molecular flexibility index (Phi) is 2.84. The lowest BCUT2D eigenvalue weighted by Gasteiger charge is -2.18. The third-order valence-corrected chi connectivity index (χ3v) is 3.25. The molecule has 1 saturated carbocycles. The van der Waals surface area contributed by atoms with E-state index in [1.807, 2.05) is 0 Å². The van der Waals surface area contributed by atoms with E-state index in [2.05, 4.69) is 5.10 Å². The summed E-state index contributed by atoms with van der Waals surface area (Å²) in [4.78, 5) is 10.9. The summed E-state index contributed by atoms with van der Waals surface area (Å²) < 4.78 is 38.3. The van der Waals surface area contributed by atoms with E-state index in [0.717, 1.165) is 17.1 Å². The van der Waals surface area contributed by atoms with Crippen molar-refractivity contribution in [1.82, 2.24) is 9.78 Å². The van der Waals surface area contributed by atoms with E-state index >= 15 is 0 Å². The molecule has 1 aromatic rings. The van der Waals surface area contributed by atoms with E-state index in [4.69, 9.17) is 10.8 Å². The predicted molar refractivity (Wildman–Crippen MR) is 54.7 cm³/mol. The summed E-state index contributed by atoms with van der Waals surface area (Å²) in [5.41, 5.74) is 3.45. The molecule has 2 atom stereocenters. The molecule has 1 aliphatic carbocycles. The molecule has 1 aromatic heterocycles. The molecule has 5 nitrogen and oxygen atoms in total. The molecule has 1 heterocycles. The van der Waals surface area contributed by atoms with Crippen LogP contribution < -0.4 is 5.73 Å². The fourth-order valence-corrected chi connectivity index (χ4v) is 2.15. The van der Waals surface area contributed by atoms with Gasteiger partial charge in [-0.3, -0.25) is 9.48 Å². The van der Waals surface area contributed by atoms with E-state index in [9.17, 15) is 18.0 Å². The van der Waals surface area contributed by atoms with Crippen LogP contribution in [0, 0.1) is 0 Å². The molecule has 2 unspecified atom stereocenters. The summed E-state index contributed by atoms with van der Waals surface area (Å²) in [6, 6.07) is -0.401. The van der Waals surface area contributed by atoms with Gasteiger partial charge in [-0.1, -0.05) is 0 Å². The van der Waals surface area contributed by atoms with Crippen LogP contribution in [0.5, 0.6) is 0 Å². The molecule has 1 fully saturated rings. The van der Waals surface area contributed by atoms with Gasteiger partial charge >= 0.3 is 12.1 Å². The van der Waals surface area contributed by atoms with Crippen molar-refractivity contribution in [3.8, 4) is 0 Å². The van der Waals surface area contributed by atoms with E-state index in [-0.39, 0.29) is 12.8 Å². The molecule has 0 saturated heterocycles. The van der Waals surface area contributed by atoms with Crippen molar-refractivity contribution in [2.75, 3.05) is 0 Å². The molecule has 2 rings (SSSR count). The molecular weight excluding hydrogens is 251 g/mol. The summed E-state index contributed by atoms with van der Waals surface area (Å²) >= 11 is 0. The van der Waals surface area contributed by atoms with Gasteiger partial charge in [-0.2, -0.15) is 18.3 Å². The Balaban J connectivity index is 2.15. The zero-order chi connectivity index (χ0) is 13.6. The molecule has 0 bridgehead atoms. The number of carboxylic acids is 1. The Bertz CT molecular complexity index is 471. The lowest BCUT2D eigenvalue weighted by atomic mass is 9.99. The lowest BCUT2D eigenvalue weighted by Crippen LogP contribution is -2.45. The van der Waals surface area contributed by atoms with Crippen LogP contribution in [-0.2, 0) is 11.0 Å². The van der Waals surface area contributed by atoms with Crippen molar-refractivity contribution in [1.29, 1.82) is 0 Å². The smallest absolute Gasteiger partial charge is 0.419 e. The summed E-state index contributed by atoms with van der Waals surface area (Å²) in [6.45, 7) is 0. The number of rotatable bonds is 2. The summed E-state index contributed by atoms with van der Waals surface area (Å²) in [5.74, 6) is -1.13. The second-order valence-electron chi connectivity index (χ2n) is 4.56. The van der Waals surface area contributed by atoms with Crippen LogP contribution in [0.15, 0.2) is 12.4 Å². The second-order valence-corrected chi connectivity index (χ2v) is 4.56. The van der Waals surface area contributed by atoms with Crippen LogP contribution in [0.4, 0.5) is 13.2 Å². The van der Waals surface area contributed by atoms with Gasteiger partial charge in [0.15, 0.2) is 0 Å². The first-order chi connectivity index (χ1) is 8.22. The number of nitrogens with two attached hydrogens (primary N) is 1. The third-order valence-electron chi connectivity index (χ3n) is 3.25. The highest BCUT2D eigenvalue weighted by Crippen LogP contribution is 2.37. The predicted octanol–water partition coefficient (Wildman–Crippen LogP) is 1.41. The van der Waals surface area contributed by atoms with Crippen molar-refractivity contribution in [2.45, 2.75) is 37.0 Å². The van der Waals surface area contributed by atoms with Crippen LogP contribution in [-0.4, -0.2) is 26.4 Å². The fraction of sp³-hybridized carbons (Fsp3) is 0.600. The highest BCUT2D eigenvalue weighted by molar-refractivity contribution is 5.78. The lowest BCUT2D eigenvalue weighted by molar-refractivity contribution is -0.143.